The molecule has 5 heteroatoms. The van der Waals surface area contributed by atoms with Crippen LogP contribution in [0.2, 0.25) is 0 Å². The highest BCUT2D eigenvalue weighted by molar-refractivity contribution is 5.88. The lowest BCUT2D eigenvalue weighted by Gasteiger charge is -2.26. The van der Waals surface area contributed by atoms with Crippen molar-refractivity contribution in [2.75, 3.05) is 11.9 Å². The molecule has 0 radical (unpaired) electrons. The van der Waals surface area contributed by atoms with Crippen LogP contribution in [0, 0.1) is 11.3 Å². The molecule has 3 heterocycles. The molecule has 1 atom stereocenters. The molecule has 1 unspecified atom stereocenters. The van der Waals surface area contributed by atoms with Gasteiger partial charge in [0.25, 0.3) is 0 Å². The van der Waals surface area contributed by atoms with Crippen LogP contribution in [0.3, 0.4) is 0 Å². The van der Waals surface area contributed by atoms with E-state index in [4.69, 9.17) is 15.0 Å². The number of pyridine rings is 1. The van der Waals surface area contributed by atoms with Gasteiger partial charge in [-0.2, -0.15) is 0 Å². The molecule has 29 heavy (non-hydrogen) atoms. The monoisotopic (exact) mass is 389 g/mol. The average molecular weight is 390 g/mol. The fraction of sp³-hybridized carbons (Fsp3) is 0.500. The Balaban J connectivity index is 0.00000218. The number of fused-ring (bicyclic) bond motifs is 2. The third-order valence-electron chi connectivity index (χ3n) is 6.60. The minimum absolute atomic E-state index is 0. The van der Waals surface area contributed by atoms with Crippen molar-refractivity contribution >= 4 is 22.9 Å². The zero-order valence-electron chi connectivity index (χ0n) is 17.8. The molecule has 0 saturated heterocycles. The molecule has 2 aromatic rings. The molecule has 152 valence electrons. The smallest absolute Gasteiger partial charge is 0.222 e. The Hall–Kier alpha value is -2.56. The second-order valence-corrected chi connectivity index (χ2v) is 9.54. The van der Waals surface area contributed by atoms with Gasteiger partial charge < -0.3 is 5.32 Å². The molecule has 2 aromatic heterocycles. The second-order valence-electron chi connectivity index (χ2n) is 9.54. The summed E-state index contributed by atoms with van der Waals surface area (Å²) in [5, 5.41) is 3.42. The lowest BCUT2D eigenvalue weighted by atomic mass is 9.84. The average Bonchev–Trinajstić information content (AvgIpc) is 3.29. The second kappa shape index (κ2) is 6.75. The fourth-order valence-corrected chi connectivity index (χ4v) is 4.32. The zero-order chi connectivity index (χ0) is 20.2. The minimum Gasteiger partial charge on any atom is -0.354 e. The van der Waals surface area contributed by atoms with Gasteiger partial charge in [-0.25, -0.2) is 9.97 Å². The number of nitrogens with one attached hydrogen (secondary N) is 1. The first-order chi connectivity index (χ1) is 13.9. The van der Waals surface area contributed by atoms with Gasteiger partial charge in [0.1, 0.15) is 0 Å². The summed E-state index contributed by atoms with van der Waals surface area (Å²) in [5.41, 5.74) is 8.16. The van der Waals surface area contributed by atoms with Crippen molar-refractivity contribution in [2.24, 2.45) is 16.3 Å². The van der Waals surface area contributed by atoms with Gasteiger partial charge in [-0.05, 0) is 49.7 Å². The van der Waals surface area contributed by atoms with Crippen LogP contribution in [0.4, 0.5) is 11.6 Å². The lowest BCUT2D eigenvalue weighted by Crippen LogP contribution is -2.17. The van der Waals surface area contributed by atoms with Gasteiger partial charge in [0, 0.05) is 43.4 Å². The summed E-state index contributed by atoms with van der Waals surface area (Å²) in [6.45, 7) is 9.93. The summed E-state index contributed by atoms with van der Waals surface area (Å²) in [7, 11) is 0. The molecule has 1 N–H and O–H groups in total. The van der Waals surface area contributed by atoms with Crippen LogP contribution in [-0.4, -0.2) is 27.2 Å². The van der Waals surface area contributed by atoms with Crippen molar-refractivity contribution in [3.8, 4) is 0 Å². The molecule has 1 fully saturated rings. The van der Waals surface area contributed by atoms with Gasteiger partial charge in [-0.1, -0.05) is 26.8 Å². The standard InChI is InChI=1S/C24H29N5.H2/c1-14(2)17-11-15(3)27-21-8-7-19(28-22(17)21)16-5-6-20-18(16)12-25-23(29-20)26-13-24(4)9-10-24;/h5,7-8,12,14,17H,6,9-11,13H2,1-4H3,(H,25,26,29);1H. The topological polar surface area (TPSA) is 63.1 Å². The first-order valence-electron chi connectivity index (χ1n) is 10.8. The molecule has 3 aliphatic rings. The maximum atomic E-state index is 5.08. The van der Waals surface area contributed by atoms with Crippen molar-refractivity contribution in [3.63, 3.8) is 0 Å². The number of allylic oxidation sites excluding steroid dienone is 1. The summed E-state index contributed by atoms with van der Waals surface area (Å²) < 4.78 is 0. The number of nitrogens with zero attached hydrogens (tertiary/aromatic N) is 4. The lowest BCUT2D eigenvalue weighted by molar-refractivity contribution is 0.496. The number of hydrogen-bond acceptors (Lipinski definition) is 5. The summed E-state index contributed by atoms with van der Waals surface area (Å²) >= 11 is 0. The van der Waals surface area contributed by atoms with Crippen molar-refractivity contribution in [1.82, 2.24) is 15.0 Å². The van der Waals surface area contributed by atoms with Crippen molar-refractivity contribution in [2.45, 2.75) is 59.3 Å². The molecular weight excluding hydrogens is 358 g/mol. The van der Waals surface area contributed by atoms with E-state index < -0.39 is 0 Å². The van der Waals surface area contributed by atoms with E-state index in [0.717, 1.165) is 59.2 Å². The van der Waals surface area contributed by atoms with Crippen LogP contribution >= 0.6 is 0 Å². The third-order valence-corrected chi connectivity index (χ3v) is 6.60. The molecule has 1 aliphatic heterocycles. The minimum atomic E-state index is 0. The molecular formula is C24H31N5. The largest absolute Gasteiger partial charge is 0.354 e. The number of aliphatic imine (C=N–C) groups is 1. The van der Waals surface area contributed by atoms with Crippen LogP contribution in [0.1, 0.15) is 76.9 Å². The van der Waals surface area contributed by atoms with Gasteiger partial charge in [0.15, 0.2) is 0 Å². The predicted molar refractivity (Wildman–Crippen MR) is 120 cm³/mol. The number of aromatic nitrogens is 3. The number of anilines is 1. The van der Waals surface area contributed by atoms with E-state index >= 15 is 0 Å². The Morgan fingerprint density at radius 1 is 1.24 bits per heavy atom. The van der Waals surface area contributed by atoms with E-state index in [1.54, 1.807) is 0 Å². The highest BCUT2D eigenvalue weighted by Crippen LogP contribution is 2.44. The van der Waals surface area contributed by atoms with Gasteiger partial charge in [-0.15, -0.1) is 0 Å². The van der Waals surface area contributed by atoms with E-state index in [0.29, 0.717) is 17.3 Å². The van der Waals surface area contributed by atoms with Crippen LogP contribution in [0.5, 0.6) is 0 Å². The Morgan fingerprint density at radius 3 is 2.83 bits per heavy atom. The Labute approximate surface area is 174 Å². The Bertz CT molecular complexity index is 1040. The quantitative estimate of drug-likeness (QED) is 0.728. The van der Waals surface area contributed by atoms with Gasteiger partial charge in [-0.3, -0.25) is 9.98 Å². The van der Waals surface area contributed by atoms with Crippen molar-refractivity contribution in [1.29, 1.82) is 0 Å². The molecule has 5 rings (SSSR count). The molecule has 2 aliphatic carbocycles. The van der Waals surface area contributed by atoms with Gasteiger partial charge >= 0.3 is 0 Å². The van der Waals surface area contributed by atoms with E-state index in [9.17, 15) is 0 Å². The highest BCUT2D eigenvalue weighted by atomic mass is 15.1. The Kier molecular flexibility index (Phi) is 4.30. The third kappa shape index (κ3) is 3.47. The van der Waals surface area contributed by atoms with Crippen LogP contribution in [0.25, 0.3) is 5.57 Å². The van der Waals surface area contributed by atoms with E-state index in [2.05, 4.69) is 56.2 Å². The summed E-state index contributed by atoms with van der Waals surface area (Å²) in [6, 6.07) is 4.22. The zero-order valence-corrected chi connectivity index (χ0v) is 17.8. The summed E-state index contributed by atoms with van der Waals surface area (Å²) in [4.78, 5) is 19.2. The van der Waals surface area contributed by atoms with Crippen LogP contribution in [0.15, 0.2) is 29.4 Å². The van der Waals surface area contributed by atoms with Gasteiger partial charge in [0.2, 0.25) is 5.95 Å². The van der Waals surface area contributed by atoms with Gasteiger partial charge in [0.05, 0.1) is 22.8 Å². The normalized spacial score (nSPS) is 21.3. The van der Waals surface area contributed by atoms with Crippen molar-refractivity contribution < 1.29 is 1.43 Å². The summed E-state index contributed by atoms with van der Waals surface area (Å²) in [5.74, 6) is 1.71. The van der Waals surface area contributed by atoms with Crippen LogP contribution in [-0.2, 0) is 6.42 Å². The molecule has 0 bridgehead atoms. The SMILES string of the molecule is CC1=Nc2ccc(C3=CCc4nc(NCC5(C)CC5)ncc43)nc2C(C(C)C)C1.[HH]. The predicted octanol–water partition coefficient (Wildman–Crippen LogP) is 5.55. The molecule has 0 spiro atoms. The first kappa shape index (κ1) is 18.5. The molecule has 0 aromatic carbocycles. The number of rotatable bonds is 5. The van der Waals surface area contributed by atoms with E-state index in [1.165, 1.54) is 18.6 Å². The van der Waals surface area contributed by atoms with Crippen LogP contribution < -0.4 is 5.32 Å². The van der Waals surface area contributed by atoms with E-state index in [-0.39, 0.29) is 1.43 Å². The highest BCUT2D eigenvalue weighted by Gasteiger charge is 2.37. The fourth-order valence-electron chi connectivity index (χ4n) is 4.32. The molecule has 5 nitrogen and oxygen atoms in total. The first-order valence-corrected chi connectivity index (χ1v) is 10.8. The Morgan fingerprint density at radius 2 is 2.07 bits per heavy atom. The number of hydrogen-bond donors (Lipinski definition) is 1. The van der Waals surface area contributed by atoms with Crippen molar-refractivity contribution in [3.05, 3.63) is 47.1 Å². The summed E-state index contributed by atoms with van der Waals surface area (Å²) in [6.07, 6.45) is 8.61. The molecule has 0 amide bonds. The maximum Gasteiger partial charge on any atom is 0.222 e. The molecule has 1 saturated carbocycles. The van der Waals surface area contributed by atoms with E-state index in [1.807, 2.05) is 6.20 Å². The maximum absolute atomic E-state index is 5.08.